The lowest BCUT2D eigenvalue weighted by molar-refractivity contribution is -0.138. The van der Waals surface area contributed by atoms with Crippen LogP contribution >= 0.6 is 0 Å². The highest BCUT2D eigenvalue weighted by Gasteiger charge is 2.43. The van der Waals surface area contributed by atoms with E-state index in [1.165, 1.54) is 0 Å². The molecule has 2 rings (SSSR count). The summed E-state index contributed by atoms with van der Waals surface area (Å²) >= 11 is 0. The molecule has 4 heteroatoms. The Morgan fingerprint density at radius 2 is 2.17 bits per heavy atom. The smallest absolute Gasteiger partial charge is 0.185 e. The van der Waals surface area contributed by atoms with E-state index in [0.717, 1.165) is 18.4 Å². The van der Waals surface area contributed by atoms with E-state index in [1.807, 2.05) is 24.3 Å². The van der Waals surface area contributed by atoms with Gasteiger partial charge in [-0.1, -0.05) is 12.1 Å². The third-order valence-electron chi connectivity index (χ3n) is 3.64. The van der Waals surface area contributed by atoms with E-state index in [1.54, 1.807) is 14.2 Å². The van der Waals surface area contributed by atoms with Gasteiger partial charge in [-0.05, 0) is 37.0 Å². The normalized spacial score (nSPS) is 28.2. The lowest BCUT2D eigenvalue weighted by Crippen LogP contribution is -2.53. The summed E-state index contributed by atoms with van der Waals surface area (Å²) in [7, 11) is 3.16. The Hall–Kier alpha value is -1.39. The summed E-state index contributed by atoms with van der Waals surface area (Å²) < 4.78 is 10.4. The van der Waals surface area contributed by atoms with Gasteiger partial charge in [-0.3, -0.25) is 4.79 Å². The highest BCUT2D eigenvalue weighted by Crippen LogP contribution is 2.34. The molecule has 1 aliphatic rings. The Morgan fingerprint density at radius 3 is 2.83 bits per heavy atom. The van der Waals surface area contributed by atoms with Crippen molar-refractivity contribution in [3.63, 3.8) is 0 Å². The fourth-order valence-corrected chi connectivity index (χ4v) is 2.52. The van der Waals surface area contributed by atoms with Crippen molar-refractivity contribution in [2.45, 2.75) is 30.9 Å². The fourth-order valence-electron chi connectivity index (χ4n) is 2.52. The predicted octanol–water partition coefficient (Wildman–Crippen LogP) is 1.62. The van der Waals surface area contributed by atoms with Crippen LogP contribution in [-0.4, -0.2) is 26.1 Å². The zero-order valence-electron chi connectivity index (χ0n) is 10.8. The topological polar surface area (TPSA) is 61.6 Å². The molecule has 0 bridgehead atoms. The van der Waals surface area contributed by atoms with Gasteiger partial charge in [0, 0.05) is 7.11 Å². The van der Waals surface area contributed by atoms with Crippen LogP contribution in [0.2, 0.25) is 0 Å². The summed E-state index contributed by atoms with van der Waals surface area (Å²) in [6.45, 7) is 0. The number of hydrogen-bond acceptors (Lipinski definition) is 4. The average Bonchev–Trinajstić information content (AvgIpc) is 2.42. The van der Waals surface area contributed by atoms with E-state index in [2.05, 4.69) is 0 Å². The molecule has 1 fully saturated rings. The molecular weight excluding hydrogens is 230 g/mol. The monoisotopic (exact) mass is 249 g/mol. The summed E-state index contributed by atoms with van der Waals surface area (Å²) in [4.78, 5) is 12.4. The first kappa shape index (κ1) is 13.1. The van der Waals surface area contributed by atoms with Crippen LogP contribution in [0.25, 0.3) is 0 Å². The van der Waals surface area contributed by atoms with Gasteiger partial charge in [0.2, 0.25) is 0 Å². The summed E-state index contributed by atoms with van der Waals surface area (Å²) in [6.07, 6.45) is 1.89. The highest BCUT2D eigenvalue weighted by molar-refractivity contribution is 5.93. The number of nitrogens with two attached hydrogens (primary N) is 1. The minimum absolute atomic E-state index is 0.0375. The van der Waals surface area contributed by atoms with Crippen molar-refractivity contribution in [2.24, 2.45) is 5.73 Å². The highest BCUT2D eigenvalue weighted by atomic mass is 16.5. The van der Waals surface area contributed by atoms with Gasteiger partial charge >= 0.3 is 0 Å². The van der Waals surface area contributed by atoms with Gasteiger partial charge in [-0.2, -0.15) is 0 Å². The van der Waals surface area contributed by atoms with E-state index >= 15 is 0 Å². The molecular formula is C14H19NO3. The fraction of sp³-hybridized carbons (Fsp3) is 0.500. The van der Waals surface area contributed by atoms with Crippen molar-refractivity contribution in [1.82, 2.24) is 0 Å². The van der Waals surface area contributed by atoms with Gasteiger partial charge in [-0.15, -0.1) is 0 Å². The van der Waals surface area contributed by atoms with Gasteiger partial charge in [0.05, 0.1) is 7.11 Å². The second kappa shape index (κ2) is 5.08. The van der Waals surface area contributed by atoms with Crippen molar-refractivity contribution in [1.29, 1.82) is 0 Å². The van der Waals surface area contributed by atoms with Gasteiger partial charge in [0.15, 0.2) is 5.78 Å². The second-order valence-electron chi connectivity index (χ2n) is 4.68. The van der Waals surface area contributed by atoms with Crippen molar-refractivity contribution >= 4 is 5.78 Å². The third-order valence-corrected chi connectivity index (χ3v) is 3.64. The molecule has 0 radical (unpaired) electrons. The van der Waals surface area contributed by atoms with Crippen LogP contribution in [0, 0.1) is 0 Å². The molecule has 0 saturated heterocycles. The van der Waals surface area contributed by atoms with Crippen LogP contribution in [0.1, 0.15) is 24.8 Å². The van der Waals surface area contributed by atoms with E-state index in [0.29, 0.717) is 12.2 Å². The molecule has 0 heterocycles. The van der Waals surface area contributed by atoms with Crippen LogP contribution in [-0.2, 0) is 15.1 Å². The molecule has 0 amide bonds. The minimum Gasteiger partial charge on any atom is -0.497 e. The van der Waals surface area contributed by atoms with Gasteiger partial charge in [0.1, 0.15) is 17.4 Å². The average molecular weight is 249 g/mol. The van der Waals surface area contributed by atoms with Gasteiger partial charge in [-0.25, -0.2) is 0 Å². The first-order chi connectivity index (χ1) is 8.61. The molecule has 4 nitrogen and oxygen atoms in total. The number of carbonyl (C=O) groups is 1. The van der Waals surface area contributed by atoms with Crippen LogP contribution < -0.4 is 10.5 Å². The Bertz CT molecular complexity index is 446. The zero-order chi connectivity index (χ0) is 13.2. The number of ketones is 1. The summed E-state index contributed by atoms with van der Waals surface area (Å²) in [5.74, 6) is 0.675. The van der Waals surface area contributed by atoms with Crippen LogP contribution in [0.5, 0.6) is 5.75 Å². The molecule has 0 unspecified atom stereocenters. The van der Waals surface area contributed by atoms with E-state index in [4.69, 9.17) is 15.2 Å². The second-order valence-corrected chi connectivity index (χ2v) is 4.68. The first-order valence-electron chi connectivity index (χ1n) is 6.12. The van der Waals surface area contributed by atoms with Crippen molar-refractivity contribution < 1.29 is 14.3 Å². The molecule has 1 aromatic carbocycles. The third kappa shape index (κ3) is 2.13. The van der Waals surface area contributed by atoms with Crippen LogP contribution in [0.15, 0.2) is 24.3 Å². The minimum atomic E-state index is -0.951. The number of rotatable bonds is 3. The number of Topliss-reactive ketones (excluding diaryl/α,β-unsaturated/α-hetero) is 1. The predicted molar refractivity (Wildman–Crippen MR) is 68.5 cm³/mol. The Labute approximate surface area is 107 Å². The van der Waals surface area contributed by atoms with Crippen molar-refractivity contribution in [2.75, 3.05) is 14.2 Å². The molecule has 0 aromatic heterocycles. The summed E-state index contributed by atoms with van der Waals surface area (Å²) in [6, 6.07) is 7.40. The largest absolute Gasteiger partial charge is 0.497 e. The lowest BCUT2D eigenvalue weighted by atomic mass is 9.75. The lowest BCUT2D eigenvalue weighted by Gasteiger charge is -2.36. The maximum Gasteiger partial charge on any atom is 0.185 e. The molecule has 2 atom stereocenters. The standard InChI is InChI=1S/C14H19NO3/c1-17-11-6-3-5-10(9-11)14(15)8-4-7-12(18-2)13(14)16/h3,5-6,9,12H,4,7-8,15H2,1-2H3/t12-,14-/m0/s1. The quantitative estimate of drug-likeness (QED) is 0.884. The zero-order valence-corrected chi connectivity index (χ0v) is 10.8. The molecule has 1 saturated carbocycles. The number of hydrogen-bond donors (Lipinski definition) is 1. The Morgan fingerprint density at radius 1 is 1.39 bits per heavy atom. The van der Waals surface area contributed by atoms with Gasteiger partial charge in [0.25, 0.3) is 0 Å². The van der Waals surface area contributed by atoms with Gasteiger partial charge < -0.3 is 15.2 Å². The number of methoxy groups -OCH3 is 2. The molecule has 0 spiro atoms. The van der Waals surface area contributed by atoms with Crippen molar-refractivity contribution in [3.05, 3.63) is 29.8 Å². The van der Waals surface area contributed by atoms with Crippen LogP contribution in [0.3, 0.4) is 0 Å². The number of benzene rings is 1. The molecule has 1 aromatic rings. The number of ether oxygens (including phenoxy) is 2. The Kier molecular flexibility index (Phi) is 3.68. The van der Waals surface area contributed by atoms with Crippen molar-refractivity contribution in [3.8, 4) is 5.75 Å². The SMILES string of the molecule is COc1cccc([C@@]2(N)CCC[C@H](OC)C2=O)c1. The number of carbonyl (C=O) groups excluding carboxylic acids is 1. The van der Waals surface area contributed by atoms with E-state index in [9.17, 15) is 4.79 Å². The molecule has 18 heavy (non-hydrogen) atoms. The summed E-state index contributed by atoms with van der Waals surface area (Å²) in [5.41, 5.74) is 6.18. The molecule has 1 aliphatic carbocycles. The van der Waals surface area contributed by atoms with Crippen LogP contribution in [0.4, 0.5) is 0 Å². The first-order valence-corrected chi connectivity index (χ1v) is 6.12. The van der Waals surface area contributed by atoms with E-state index < -0.39 is 11.6 Å². The maximum absolute atomic E-state index is 12.4. The molecule has 2 N–H and O–H groups in total. The molecule has 0 aliphatic heterocycles. The maximum atomic E-state index is 12.4. The summed E-state index contributed by atoms with van der Waals surface area (Å²) in [5, 5.41) is 0. The Balaban J connectivity index is 2.36. The van der Waals surface area contributed by atoms with E-state index in [-0.39, 0.29) is 5.78 Å². The molecule has 98 valence electrons.